The van der Waals surface area contributed by atoms with Crippen molar-refractivity contribution >= 4 is 11.9 Å². The fourth-order valence-electron chi connectivity index (χ4n) is 2.09. The molecule has 0 spiro atoms. The summed E-state index contributed by atoms with van der Waals surface area (Å²) in [5.74, 6) is -1.72. The average Bonchev–Trinajstić information content (AvgIpc) is 2.80. The molecule has 1 unspecified atom stereocenters. The highest BCUT2D eigenvalue weighted by Crippen LogP contribution is 2.15. The molecule has 0 bridgehead atoms. The van der Waals surface area contributed by atoms with Crippen LogP contribution in [0.5, 0.6) is 0 Å². The van der Waals surface area contributed by atoms with Crippen molar-refractivity contribution < 1.29 is 19.1 Å². The fraction of sp³-hybridized carbons (Fsp3) is 0.267. The Balaban J connectivity index is 2.18. The molecule has 0 aliphatic rings. The van der Waals surface area contributed by atoms with Crippen molar-refractivity contribution in [2.24, 2.45) is 0 Å². The van der Waals surface area contributed by atoms with Gasteiger partial charge in [0.15, 0.2) is 0 Å². The molecular formula is C15H16FN3O3. The van der Waals surface area contributed by atoms with E-state index in [1.165, 1.54) is 23.0 Å². The minimum absolute atomic E-state index is 0.156. The van der Waals surface area contributed by atoms with E-state index in [0.29, 0.717) is 16.9 Å². The summed E-state index contributed by atoms with van der Waals surface area (Å²) in [7, 11) is 0. The maximum Gasteiger partial charge on any atom is 0.305 e. The molecule has 0 aliphatic carbocycles. The highest BCUT2D eigenvalue weighted by Gasteiger charge is 2.18. The lowest BCUT2D eigenvalue weighted by Crippen LogP contribution is -2.34. The molecule has 0 radical (unpaired) electrons. The van der Waals surface area contributed by atoms with Crippen LogP contribution in [0.1, 0.15) is 29.4 Å². The van der Waals surface area contributed by atoms with Gasteiger partial charge in [-0.3, -0.25) is 9.59 Å². The first-order valence-electron chi connectivity index (χ1n) is 6.71. The molecule has 1 amide bonds. The molecule has 1 heterocycles. The third-order valence-corrected chi connectivity index (χ3v) is 3.18. The summed E-state index contributed by atoms with van der Waals surface area (Å²) in [6.07, 6.45) is 1.25. The van der Waals surface area contributed by atoms with E-state index in [0.717, 1.165) is 0 Å². The quantitative estimate of drug-likeness (QED) is 0.884. The molecule has 0 saturated carbocycles. The van der Waals surface area contributed by atoms with E-state index in [4.69, 9.17) is 5.11 Å². The highest BCUT2D eigenvalue weighted by atomic mass is 19.1. The lowest BCUT2D eigenvalue weighted by molar-refractivity contribution is -0.137. The SMILES string of the molecule is Cc1c(C(=O)NC(C)CC(=O)O)cnn1-c1ccc(F)cc1. The number of nitrogens with zero attached hydrogens (tertiary/aromatic N) is 2. The number of carboxylic acids is 1. The summed E-state index contributed by atoms with van der Waals surface area (Å²) in [6.45, 7) is 3.33. The lowest BCUT2D eigenvalue weighted by atomic mass is 10.2. The van der Waals surface area contributed by atoms with Crippen molar-refractivity contribution in [3.8, 4) is 5.69 Å². The summed E-state index contributed by atoms with van der Waals surface area (Å²) in [6, 6.07) is 5.25. The smallest absolute Gasteiger partial charge is 0.305 e. The largest absolute Gasteiger partial charge is 0.481 e. The molecule has 7 heteroatoms. The zero-order valence-corrected chi connectivity index (χ0v) is 12.2. The van der Waals surface area contributed by atoms with Gasteiger partial charge in [-0.25, -0.2) is 9.07 Å². The minimum atomic E-state index is -0.980. The van der Waals surface area contributed by atoms with E-state index in [1.807, 2.05) is 0 Å². The second-order valence-electron chi connectivity index (χ2n) is 5.00. The van der Waals surface area contributed by atoms with E-state index in [2.05, 4.69) is 10.4 Å². The van der Waals surface area contributed by atoms with Gasteiger partial charge in [-0.1, -0.05) is 0 Å². The number of halogens is 1. The normalized spacial score (nSPS) is 12.0. The van der Waals surface area contributed by atoms with Crippen molar-refractivity contribution in [1.29, 1.82) is 0 Å². The van der Waals surface area contributed by atoms with Crippen molar-refractivity contribution in [1.82, 2.24) is 15.1 Å². The molecule has 2 N–H and O–H groups in total. The molecule has 116 valence electrons. The number of aromatic nitrogens is 2. The van der Waals surface area contributed by atoms with Crippen LogP contribution >= 0.6 is 0 Å². The molecule has 6 nitrogen and oxygen atoms in total. The van der Waals surface area contributed by atoms with Gasteiger partial charge in [-0.15, -0.1) is 0 Å². The topological polar surface area (TPSA) is 84.2 Å². The first-order chi connectivity index (χ1) is 10.4. The molecule has 1 atom stereocenters. The maximum absolute atomic E-state index is 12.9. The van der Waals surface area contributed by atoms with Gasteiger partial charge >= 0.3 is 5.97 Å². The van der Waals surface area contributed by atoms with E-state index in [9.17, 15) is 14.0 Å². The number of carbonyl (C=O) groups excluding carboxylic acids is 1. The van der Waals surface area contributed by atoms with E-state index >= 15 is 0 Å². The number of rotatable bonds is 5. The van der Waals surface area contributed by atoms with Crippen LogP contribution in [0.2, 0.25) is 0 Å². The Morgan fingerprint density at radius 3 is 2.59 bits per heavy atom. The van der Waals surface area contributed by atoms with Crippen LogP contribution in [0.3, 0.4) is 0 Å². The van der Waals surface area contributed by atoms with Gasteiger partial charge in [-0.2, -0.15) is 5.10 Å². The molecule has 2 aromatic rings. The average molecular weight is 305 g/mol. The molecule has 0 fully saturated rings. The van der Waals surface area contributed by atoms with Crippen LogP contribution in [0, 0.1) is 12.7 Å². The number of carbonyl (C=O) groups is 2. The Morgan fingerprint density at radius 1 is 1.36 bits per heavy atom. The number of hydrogen-bond donors (Lipinski definition) is 2. The van der Waals surface area contributed by atoms with Gasteiger partial charge in [0.1, 0.15) is 5.82 Å². The summed E-state index contributed by atoms with van der Waals surface area (Å²) in [4.78, 5) is 22.8. The number of benzene rings is 1. The first-order valence-corrected chi connectivity index (χ1v) is 6.71. The lowest BCUT2D eigenvalue weighted by Gasteiger charge is -2.11. The van der Waals surface area contributed by atoms with Gasteiger partial charge in [0, 0.05) is 6.04 Å². The van der Waals surface area contributed by atoms with Gasteiger partial charge in [0.25, 0.3) is 5.91 Å². The number of nitrogens with one attached hydrogen (secondary N) is 1. The highest BCUT2D eigenvalue weighted by molar-refractivity contribution is 5.95. The van der Waals surface area contributed by atoms with E-state index < -0.39 is 12.0 Å². The first kappa shape index (κ1) is 15.7. The molecular weight excluding hydrogens is 289 g/mol. The van der Waals surface area contributed by atoms with Crippen LogP contribution in [0.25, 0.3) is 5.69 Å². The van der Waals surface area contributed by atoms with Crippen molar-refractivity contribution in [3.05, 3.63) is 47.5 Å². The van der Waals surface area contributed by atoms with Crippen molar-refractivity contribution in [2.75, 3.05) is 0 Å². The van der Waals surface area contributed by atoms with Crippen LogP contribution in [0.15, 0.2) is 30.5 Å². The standard InChI is InChI=1S/C15H16FN3O3/c1-9(7-14(20)21)18-15(22)13-8-17-19(10(13)2)12-5-3-11(16)4-6-12/h3-6,8-9H,7H2,1-2H3,(H,18,22)(H,20,21). The third-order valence-electron chi connectivity index (χ3n) is 3.18. The maximum atomic E-state index is 12.9. The van der Waals surface area contributed by atoms with Crippen LogP contribution in [-0.4, -0.2) is 32.8 Å². The second-order valence-corrected chi connectivity index (χ2v) is 5.00. The third kappa shape index (κ3) is 3.49. The van der Waals surface area contributed by atoms with Gasteiger partial charge in [0.2, 0.25) is 0 Å². The zero-order valence-electron chi connectivity index (χ0n) is 12.2. The predicted octanol–water partition coefficient (Wildman–Crippen LogP) is 1.91. The molecule has 1 aromatic heterocycles. The van der Waals surface area contributed by atoms with Gasteiger partial charge in [0.05, 0.1) is 29.6 Å². The number of carboxylic acid groups (broad SMARTS) is 1. The molecule has 22 heavy (non-hydrogen) atoms. The predicted molar refractivity (Wildman–Crippen MR) is 77.4 cm³/mol. The van der Waals surface area contributed by atoms with Crippen LogP contribution in [-0.2, 0) is 4.79 Å². The molecule has 2 rings (SSSR count). The number of hydrogen-bond acceptors (Lipinski definition) is 3. The Morgan fingerprint density at radius 2 is 2.00 bits per heavy atom. The summed E-state index contributed by atoms with van der Waals surface area (Å²) in [5.41, 5.74) is 1.57. The van der Waals surface area contributed by atoms with E-state index in [1.54, 1.807) is 26.0 Å². The molecule has 1 aromatic carbocycles. The minimum Gasteiger partial charge on any atom is -0.481 e. The Kier molecular flexibility index (Phi) is 4.55. The summed E-state index contributed by atoms with van der Waals surface area (Å²) >= 11 is 0. The Bertz CT molecular complexity index is 695. The number of aliphatic carboxylic acids is 1. The van der Waals surface area contributed by atoms with Crippen molar-refractivity contribution in [2.45, 2.75) is 26.3 Å². The second kappa shape index (κ2) is 6.38. The molecule has 0 saturated heterocycles. The zero-order chi connectivity index (χ0) is 16.3. The summed E-state index contributed by atoms with van der Waals surface area (Å²) < 4.78 is 14.5. The van der Waals surface area contributed by atoms with Crippen molar-refractivity contribution in [3.63, 3.8) is 0 Å². The summed E-state index contributed by atoms with van der Waals surface area (Å²) in [5, 5.41) is 15.4. The number of amides is 1. The Hall–Kier alpha value is -2.70. The fourth-order valence-corrected chi connectivity index (χ4v) is 2.09. The van der Waals surface area contributed by atoms with E-state index in [-0.39, 0.29) is 18.1 Å². The molecule has 0 aliphatic heterocycles. The van der Waals surface area contributed by atoms with Crippen LogP contribution in [0.4, 0.5) is 4.39 Å². The monoisotopic (exact) mass is 305 g/mol. The van der Waals surface area contributed by atoms with Crippen LogP contribution < -0.4 is 5.32 Å². The van der Waals surface area contributed by atoms with Gasteiger partial charge < -0.3 is 10.4 Å². The Labute approximate surface area is 126 Å². The van der Waals surface area contributed by atoms with Gasteiger partial charge in [-0.05, 0) is 38.1 Å².